The van der Waals surface area contributed by atoms with Gasteiger partial charge in [0.15, 0.2) is 0 Å². The highest BCUT2D eigenvalue weighted by atomic mass is 15.0. The van der Waals surface area contributed by atoms with Crippen molar-refractivity contribution in [2.75, 3.05) is 0 Å². The molecule has 0 saturated carbocycles. The van der Waals surface area contributed by atoms with Crippen molar-refractivity contribution in [2.24, 2.45) is 0 Å². The third-order valence-electron chi connectivity index (χ3n) is 9.97. The largest absolute Gasteiger partial charge is 0.309 e. The first-order valence-electron chi connectivity index (χ1n) is 16.3. The van der Waals surface area contributed by atoms with Crippen LogP contribution in [0.15, 0.2) is 176 Å². The summed E-state index contributed by atoms with van der Waals surface area (Å²) in [4.78, 5) is 0. The van der Waals surface area contributed by atoms with Crippen LogP contribution in [0.1, 0.15) is 0 Å². The number of aromatic nitrogens is 1. The zero-order valence-corrected chi connectivity index (χ0v) is 25.7. The van der Waals surface area contributed by atoms with Crippen LogP contribution in [-0.4, -0.2) is 4.57 Å². The summed E-state index contributed by atoms with van der Waals surface area (Å²) >= 11 is 0. The van der Waals surface area contributed by atoms with Crippen LogP contribution in [-0.2, 0) is 0 Å². The summed E-state index contributed by atoms with van der Waals surface area (Å²) in [5.41, 5.74) is 11.1. The molecule has 0 aliphatic carbocycles. The lowest BCUT2D eigenvalue weighted by Crippen LogP contribution is -1.94. The number of fused-ring (bicyclic) bond motifs is 3. The SMILES string of the molecule is c1ccc(-c2ccc3ccc4c(-c5ccccc5)cc(-c5ccc(-n6c7ccccc7c7ccccc76)cc5)c5ccc2c3c45)cc1. The van der Waals surface area contributed by atoms with Crippen molar-refractivity contribution in [1.82, 2.24) is 4.57 Å². The van der Waals surface area contributed by atoms with Gasteiger partial charge in [-0.1, -0.05) is 146 Å². The molecular formula is C46H29N. The topological polar surface area (TPSA) is 4.93 Å². The van der Waals surface area contributed by atoms with E-state index in [4.69, 9.17) is 0 Å². The quantitative estimate of drug-likeness (QED) is 0.178. The maximum Gasteiger partial charge on any atom is 0.0541 e. The van der Waals surface area contributed by atoms with Crippen molar-refractivity contribution in [1.29, 1.82) is 0 Å². The van der Waals surface area contributed by atoms with Crippen molar-refractivity contribution in [3.63, 3.8) is 0 Å². The molecule has 218 valence electrons. The summed E-state index contributed by atoms with van der Waals surface area (Å²) in [6.45, 7) is 0. The summed E-state index contributed by atoms with van der Waals surface area (Å²) in [6, 6.07) is 64.5. The molecule has 0 amide bonds. The molecule has 0 fully saturated rings. The number of benzene rings is 9. The number of para-hydroxylation sites is 2. The first kappa shape index (κ1) is 26.1. The zero-order valence-electron chi connectivity index (χ0n) is 25.7. The van der Waals surface area contributed by atoms with Gasteiger partial charge in [0.1, 0.15) is 0 Å². The Bertz CT molecular complexity index is 2700. The number of hydrogen-bond donors (Lipinski definition) is 0. The molecule has 0 aliphatic rings. The van der Waals surface area contributed by atoms with E-state index in [2.05, 4.69) is 180 Å². The molecule has 0 atom stereocenters. The number of rotatable bonds is 4. The second kappa shape index (κ2) is 10.2. The van der Waals surface area contributed by atoms with E-state index in [0.717, 1.165) is 0 Å². The molecule has 0 N–H and O–H groups in total. The van der Waals surface area contributed by atoms with Crippen LogP contribution in [0.3, 0.4) is 0 Å². The van der Waals surface area contributed by atoms with Gasteiger partial charge >= 0.3 is 0 Å². The molecule has 0 aliphatic heterocycles. The molecule has 1 heteroatoms. The minimum absolute atomic E-state index is 1.17. The normalized spacial score (nSPS) is 11.8. The summed E-state index contributed by atoms with van der Waals surface area (Å²) in [5, 5.41) is 10.4. The Morgan fingerprint density at radius 2 is 0.766 bits per heavy atom. The highest BCUT2D eigenvalue weighted by molar-refractivity contribution is 6.30. The van der Waals surface area contributed by atoms with Crippen molar-refractivity contribution >= 4 is 54.1 Å². The third kappa shape index (κ3) is 3.90. The van der Waals surface area contributed by atoms with Crippen LogP contribution in [0.5, 0.6) is 0 Å². The average molecular weight is 596 g/mol. The van der Waals surface area contributed by atoms with Gasteiger partial charge in [-0.2, -0.15) is 0 Å². The third-order valence-corrected chi connectivity index (χ3v) is 9.97. The molecule has 0 spiro atoms. The van der Waals surface area contributed by atoms with Crippen molar-refractivity contribution < 1.29 is 0 Å². The lowest BCUT2D eigenvalue weighted by atomic mass is 9.84. The highest BCUT2D eigenvalue weighted by Crippen LogP contribution is 2.46. The van der Waals surface area contributed by atoms with Crippen molar-refractivity contribution in [2.45, 2.75) is 0 Å². The smallest absolute Gasteiger partial charge is 0.0541 e. The van der Waals surface area contributed by atoms with E-state index >= 15 is 0 Å². The van der Waals surface area contributed by atoms with Gasteiger partial charge in [-0.3, -0.25) is 0 Å². The maximum absolute atomic E-state index is 2.41. The summed E-state index contributed by atoms with van der Waals surface area (Å²) in [7, 11) is 0. The van der Waals surface area contributed by atoms with Gasteiger partial charge in [0.25, 0.3) is 0 Å². The van der Waals surface area contributed by atoms with E-state index in [1.165, 1.54) is 93.2 Å². The molecular weight excluding hydrogens is 567 g/mol. The van der Waals surface area contributed by atoms with Gasteiger partial charge in [-0.05, 0) is 96.0 Å². The molecule has 10 aromatic rings. The average Bonchev–Trinajstić information content (AvgIpc) is 3.49. The van der Waals surface area contributed by atoms with Gasteiger partial charge < -0.3 is 4.57 Å². The van der Waals surface area contributed by atoms with Crippen LogP contribution in [0.2, 0.25) is 0 Å². The molecule has 1 aromatic heterocycles. The van der Waals surface area contributed by atoms with Crippen molar-refractivity contribution in [3.8, 4) is 39.1 Å². The predicted molar refractivity (Wildman–Crippen MR) is 201 cm³/mol. The highest BCUT2D eigenvalue weighted by Gasteiger charge is 2.19. The van der Waals surface area contributed by atoms with Gasteiger partial charge in [0.05, 0.1) is 11.0 Å². The standard InChI is InChI=1S/C46H29N/c1-3-11-30(12-4-1)35-25-21-33-22-26-39-41(31-13-5-2-6-14-31)29-42(40-28-27-38(35)45(33)46(39)40)32-19-23-34(24-20-32)47-43-17-9-7-15-36(43)37-16-8-10-18-44(37)47/h1-29H. The first-order chi connectivity index (χ1) is 23.3. The van der Waals surface area contributed by atoms with Gasteiger partial charge in [-0.25, -0.2) is 0 Å². The Balaban J connectivity index is 1.24. The summed E-state index contributed by atoms with van der Waals surface area (Å²) < 4.78 is 2.39. The molecule has 10 rings (SSSR count). The minimum Gasteiger partial charge on any atom is -0.309 e. The van der Waals surface area contributed by atoms with Crippen LogP contribution in [0.4, 0.5) is 0 Å². The minimum atomic E-state index is 1.17. The summed E-state index contributed by atoms with van der Waals surface area (Å²) in [5.74, 6) is 0. The second-order valence-corrected chi connectivity index (χ2v) is 12.5. The Morgan fingerprint density at radius 1 is 0.298 bits per heavy atom. The number of nitrogens with zero attached hydrogens (tertiary/aromatic N) is 1. The Morgan fingerprint density at radius 3 is 1.38 bits per heavy atom. The number of hydrogen-bond acceptors (Lipinski definition) is 0. The molecule has 1 heterocycles. The predicted octanol–water partition coefficient (Wildman–Crippen LogP) is 12.7. The Kier molecular flexibility index (Phi) is 5.64. The van der Waals surface area contributed by atoms with Gasteiger partial charge in [0.2, 0.25) is 0 Å². The van der Waals surface area contributed by atoms with E-state index in [1.54, 1.807) is 0 Å². The van der Waals surface area contributed by atoms with E-state index in [1.807, 2.05) is 0 Å². The van der Waals surface area contributed by atoms with Crippen LogP contribution >= 0.6 is 0 Å². The van der Waals surface area contributed by atoms with Gasteiger partial charge in [0, 0.05) is 16.5 Å². The first-order valence-corrected chi connectivity index (χ1v) is 16.3. The fourth-order valence-electron chi connectivity index (χ4n) is 7.85. The van der Waals surface area contributed by atoms with E-state index in [9.17, 15) is 0 Å². The molecule has 0 bridgehead atoms. The second-order valence-electron chi connectivity index (χ2n) is 12.5. The van der Waals surface area contributed by atoms with Gasteiger partial charge in [-0.15, -0.1) is 0 Å². The molecule has 47 heavy (non-hydrogen) atoms. The Labute approximate surface area is 272 Å². The van der Waals surface area contributed by atoms with Crippen molar-refractivity contribution in [3.05, 3.63) is 176 Å². The van der Waals surface area contributed by atoms with Crippen LogP contribution in [0, 0.1) is 0 Å². The maximum atomic E-state index is 2.41. The van der Waals surface area contributed by atoms with E-state index in [-0.39, 0.29) is 0 Å². The monoisotopic (exact) mass is 595 g/mol. The molecule has 0 unspecified atom stereocenters. The molecule has 0 saturated heterocycles. The molecule has 1 nitrogen and oxygen atoms in total. The van der Waals surface area contributed by atoms with Crippen LogP contribution < -0.4 is 0 Å². The lowest BCUT2D eigenvalue weighted by molar-refractivity contribution is 1.18. The lowest BCUT2D eigenvalue weighted by Gasteiger charge is -2.19. The van der Waals surface area contributed by atoms with E-state index < -0.39 is 0 Å². The summed E-state index contributed by atoms with van der Waals surface area (Å²) in [6.07, 6.45) is 0. The zero-order chi connectivity index (χ0) is 30.9. The Hall–Kier alpha value is -6.18. The molecule has 9 aromatic carbocycles. The van der Waals surface area contributed by atoms with E-state index in [0.29, 0.717) is 0 Å². The fourth-order valence-corrected chi connectivity index (χ4v) is 7.85. The van der Waals surface area contributed by atoms with Crippen LogP contribution in [0.25, 0.3) is 93.2 Å². The fraction of sp³-hybridized carbons (Fsp3) is 0. The molecule has 0 radical (unpaired) electrons.